The molecule has 0 fully saturated rings. The maximum absolute atomic E-state index is 5.22. The number of pyridine rings is 8. The standard InChI is InChI=1S/C61H38N6.C51H31N5/c1-2-11-43(12-3-1)61-65-56(41-26-30-48(31-27-41)67-58-20-6-4-17-49(58)50-18-5-7-21-59(50)67)38-57(66-61)46-15-8-14-44(35-46)45-24-22-39-28-32-52(63-54(39)36-45)47-25-23-40-29-33-53(64-55(40)37-47)51-19-9-13-42-16-10-34-62-60(42)51;1-2-6-33(7-3-1)43-26-23-38-17-18-39-24-27-44(56-51(39)50(38)55-43)34-13-11-32(12-14-34)40-19-15-35-21-25-45(53-47(35)30-40)41-20-16-36-22-28-46(54-48(36)31-41)42-10-4-8-37-9-5-29-52-49(37)42/h1-38H;1-31H. The SMILES string of the molecule is c1ccc(-c2ccc3ccc4ccc(-c5ccc(-c6ccc7ccc(-c8ccc9ccc(-c%10cccc%11cccnc%10%11)nc9c8)nc7c6)cc5)nc4c3n2)cc1.c1ccc(-c2nc(-c3ccc(-n4c5ccccc5c5ccccc54)cc3)cc(-c3cccc(-c4ccc5ccc(-c6ccc7ccc(-c8cccc9cccnc89)nc7c6)nc5c4)c3)n2)cc1. The Balaban J connectivity index is 0.000000145. The second-order valence-electron chi connectivity index (χ2n) is 31.0. The summed E-state index contributed by atoms with van der Waals surface area (Å²) in [6.07, 6.45) is 3.67. The smallest absolute Gasteiger partial charge is 0.160 e. The van der Waals surface area contributed by atoms with Gasteiger partial charge in [-0.2, -0.15) is 0 Å². The van der Waals surface area contributed by atoms with Crippen LogP contribution in [0, 0.1) is 0 Å². The Hall–Kier alpha value is -16.8. The van der Waals surface area contributed by atoms with E-state index >= 15 is 0 Å². The largest absolute Gasteiger partial charge is 0.309 e. The molecule has 0 spiro atoms. The number of aromatic nitrogens is 11. The molecule has 24 rings (SSSR count). The van der Waals surface area contributed by atoms with Gasteiger partial charge in [0.1, 0.15) is 0 Å². The fourth-order valence-electron chi connectivity index (χ4n) is 17.2. The van der Waals surface area contributed by atoms with Crippen LogP contribution in [0.3, 0.4) is 0 Å². The molecule has 10 heterocycles. The Morgan fingerprint density at radius 2 is 0.496 bits per heavy atom. The molecule has 0 N–H and O–H groups in total. The van der Waals surface area contributed by atoms with Crippen molar-refractivity contribution in [2.45, 2.75) is 0 Å². The van der Waals surface area contributed by atoms with Crippen molar-refractivity contribution in [1.82, 2.24) is 54.4 Å². The third-order valence-electron chi connectivity index (χ3n) is 23.5. The van der Waals surface area contributed by atoms with Gasteiger partial charge in [-0.3, -0.25) is 9.97 Å². The minimum Gasteiger partial charge on any atom is -0.309 e. The predicted octanol–water partition coefficient (Wildman–Crippen LogP) is 28.0. The highest BCUT2D eigenvalue weighted by Gasteiger charge is 2.19. The first-order valence-electron chi connectivity index (χ1n) is 41.2. The Bertz CT molecular complexity index is 8260. The lowest BCUT2D eigenvalue weighted by Crippen LogP contribution is -1.97. The molecule has 0 unspecified atom stereocenters. The topological polar surface area (TPSA) is 134 Å². The molecule has 0 atom stereocenters. The van der Waals surface area contributed by atoms with E-state index in [1.165, 1.54) is 21.8 Å². The van der Waals surface area contributed by atoms with Gasteiger partial charge < -0.3 is 4.57 Å². The number of para-hydroxylation sites is 4. The molecule has 24 aromatic rings. The number of hydrogen-bond acceptors (Lipinski definition) is 10. The highest BCUT2D eigenvalue weighted by molar-refractivity contribution is 6.10. The second kappa shape index (κ2) is 30.3. The summed E-state index contributed by atoms with van der Waals surface area (Å²) >= 11 is 0. The average Bonchev–Trinajstić information content (AvgIpc) is 1.61. The Labute approximate surface area is 707 Å². The first-order valence-corrected chi connectivity index (χ1v) is 41.2. The molecular weight excluding hydrogens is 1500 g/mol. The average molecular weight is 1570 g/mol. The lowest BCUT2D eigenvalue weighted by atomic mass is 9.99. The van der Waals surface area contributed by atoms with Crippen LogP contribution < -0.4 is 0 Å². The van der Waals surface area contributed by atoms with Crippen molar-refractivity contribution >= 4 is 109 Å². The summed E-state index contributed by atoms with van der Waals surface area (Å²) in [4.78, 5) is 50.5. The number of fused-ring (bicyclic) bond motifs is 12. The van der Waals surface area contributed by atoms with Gasteiger partial charge in [-0.25, -0.2) is 39.9 Å². The Morgan fingerprint density at radius 1 is 0.171 bits per heavy atom. The van der Waals surface area contributed by atoms with Crippen LogP contribution in [-0.2, 0) is 0 Å². The van der Waals surface area contributed by atoms with Gasteiger partial charge in [0.05, 0.1) is 101 Å². The van der Waals surface area contributed by atoms with Crippen molar-refractivity contribution in [2.75, 3.05) is 0 Å². The van der Waals surface area contributed by atoms with Crippen LogP contribution in [-0.4, -0.2) is 54.4 Å². The lowest BCUT2D eigenvalue weighted by Gasteiger charge is -2.12. The van der Waals surface area contributed by atoms with Crippen molar-refractivity contribution in [3.63, 3.8) is 0 Å². The molecule has 0 aliphatic heterocycles. The van der Waals surface area contributed by atoms with Crippen LogP contribution in [0.2, 0.25) is 0 Å². The van der Waals surface area contributed by atoms with E-state index in [9.17, 15) is 0 Å². The van der Waals surface area contributed by atoms with Crippen molar-refractivity contribution in [1.29, 1.82) is 0 Å². The number of nitrogens with zero attached hydrogens (tertiary/aromatic N) is 11. The summed E-state index contributed by atoms with van der Waals surface area (Å²) in [7, 11) is 0. The second-order valence-corrected chi connectivity index (χ2v) is 31.0. The lowest BCUT2D eigenvalue weighted by molar-refractivity contribution is 1.17. The van der Waals surface area contributed by atoms with E-state index in [0.29, 0.717) is 5.82 Å². The molecule has 0 aliphatic rings. The molecule has 11 heteroatoms. The van der Waals surface area contributed by atoms with Crippen molar-refractivity contribution < 1.29 is 0 Å². The highest BCUT2D eigenvalue weighted by atomic mass is 15.0. The van der Waals surface area contributed by atoms with Gasteiger partial charge in [0.15, 0.2) is 5.82 Å². The van der Waals surface area contributed by atoms with Gasteiger partial charge >= 0.3 is 0 Å². The van der Waals surface area contributed by atoms with E-state index < -0.39 is 0 Å². The van der Waals surface area contributed by atoms with Crippen LogP contribution in [0.25, 0.3) is 238 Å². The van der Waals surface area contributed by atoms with E-state index in [1.807, 2.05) is 60.9 Å². The first-order chi connectivity index (χ1) is 60.9. The molecule has 10 aromatic heterocycles. The van der Waals surface area contributed by atoms with Crippen LogP contribution in [0.4, 0.5) is 0 Å². The zero-order chi connectivity index (χ0) is 81.3. The predicted molar refractivity (Wildman–Crippen MR) is 505 cm³/mol. The fourth-order valence-corrected chi connectivity index (χ4v) is 17.2. The third kappa shape index (κ3) is 13.5. The van der Waals surface area contributed by atoms with Gasteiger partial charge in [-0.1, -0.05) is 297 Å². The molecular formula is C112H69N11. The van der Waals surface area contributed by atoms with Crippen LogP contribution in [0.15, 0.2) is 419 Å². The maximum atomic E-state index is 5.22. The molecule has 11 nitrogen and oxygen atoms in total. The van der Waals surface area contributed by atoms with Crippen LogP contribution >= 0.6 is 0 Å². The molecule has 0 saturated carbocycles. The summed E-state index contributed by atoms with van der Waals surface area (Å²) in [5, 5.41) is 11.1. The Kier molecular flexibility index (Phi) is 17.6. The van der Waals surface area contributed by atoms with Crippen LogP contribution in [0.1, 0.15) is 0 Å². The summed E-state index contributed by atoms with van der Waals surface area (Å²) in [5.74, 6) is 0.679. The first kappa shape index (κ1) is 71.5. The van der Waals surface area contributed by atoms with Gasteiger partial charge in [0.2, 0.25) is 0 Å². The van der Waals surface area contributed by atoms with Gasteiger partial charge in [0, 0.05) is 122 Å². The molecule has 0 saturated heterocycles. The Morgan fingerprint density at radius 3 is 1.02 bits per heavy atom. The molecule has 0 amide bonds. The molecule has 14 aromatic carbocycles. The number of benzene rings is 14. The van der Waals surface area contributed by atoms with E-state index in [4.69, 9.17) is 39.9 Å². The normalized spacial score (nSPS) is 11.6. The highest BCUT2D eigenvalue weighted by Crippen LogP contribution is 2.40. The van der Waals surface area contributed by atoms with Gasteiger partial charge in [-0.05, 0) is 131 Å². The van der Waals surface area contributed by atoms with E-state index in [-0.39, 0.29) is 0 Å². The van der Waals surface area contributed by atoms with Crippen molar-refractivity contribution in [2.24, 2.45) is 0 Å². The molecule has 572 valence electrons. The maximum Gasteiger partial charge on any atom is 0.160 e. The van der Waals surface area contributed by atoms with Crippen LogP contribution in [0.5, 0.6) is 0 Å². The molecule has 0 aliphatic carbocycles. The van der Waals surface area contributed by atoms with E-state index in [1.54, 1.807) is 0 Å². The van der Waals surface area contributed by atoms with Gasteiger partial charge in [-0.15, -0.1) is 0 Å². The quantitative estimate of drug-likeness (QED) is 0.109. The number of hydrogen-bond donors (Lipinski definition) is 0. The molecule has 123 heavy (non-hydrogen) atoms. The summed E-state index contributed by atoms with van der Waals surface area (Å²) in [5.41, 5.74) is 31.6. The monoisotopic (exact) mass is 1570 g/mol. The summed E-state index contributed by atoms with van der Waals surface area (Å²) < 4.78 is 2.34. The van der Waals surface area contributed by atoms with E-state index in [2.05, 4.69) is 372 Å². The van der Waals surface area contributed by atoms with Crippen molar-refractivity contribution in [3.8, 4) is 129 Å². The van der Waals surface area contributed by atoms with Crippen molar-refractivity contribution in [3.05, 3.63) is 419 Å². The van der Waals surface area contributed by atoms with E-state index in [0.717, 1.165) is 211 Å². The summed E-state index contributed by atoms with van der Waals surface area (Å²) in [6, 6.07) is 142. The summed E-state index contributed by atoms with van der Waals surface area (Å²) in [6.45, 7) is 0. The minimum absolute atomic E-state index is 0.679. The fraction of sp³-hybridized carbons (Fsp3) is 0. The van der Waals surface area contributed by atoms with Gasteiger partial charge in [0.25, 0.3) is 0 Å². The minimum atomic E-state index is 0.679. The zero-order valence-corrected chi connectivity index (χ0v) is 66.3. The molecule has 0 bridgehead atoms. The number of rotatable bonds is 12. The third-order valence-corrected chi connectivity index (χ3v) is 23.5. The zero-order valence-electron chi connectivity index (χ0n) is 66.3. The molecule has 0 radical (unpaired) electrons.